The van der Waals surface area contributed by atoms with Crippen molar-refractivity contribution in [3.05, 3.63) is 65.7 Å². The number of nitrogens with zero attached hydrogens (tertiary/aromatic N) is 1. The molecule has 4 nitrogen and oxygen atoms in total. The maximum atomic E-state index is 13.0. The van der Waals surface area contributed by atoms with Crippen molar-refractivity contribution in [3.8, 4) is 0 Å². The van der Waals surface area contributed by atoms with Gasteiger partial charge in [-0.2, -0.15) is 0 Å². The molecule has 0 atom stereocenters. The molecule has 0 aliphatic heterocycles. The number of carbonyl (C=O) groups is 2. The Balaban J connectivity index is 1.72. The van der Waals surface area contributed by atoms with Crippen molar-refractivity contribution in [1.29, 1.82) is 0 Å². The normalized spacial score (nSPS) is 14.6. The number of aryl methyl sites for hydroxylation is 1. The molecular weight excluding hydrogens is 312 g/mol. The number of carbonyl (C=O) groups excluding carboxylic acids is 2. The van der Waals surface area contributed by atoms with Crippen molar-refractivity contribution < 1.29 is 9.59 Å². The van der Waals surface area contributed by atoms with Gasteiger partial charge >= 0.3 is 0 Å². The van der Waals surface area contributed by atoms with Gasteiger partial charge < -0.3 is 10.2 Å². The van der Waals surface area contributed by atoms with E-state index >= 15 is 0 Å². The third-order valence-corrected chi connectivity index (χ3v) is 4.76. The Kier molecular flexibility index (Phi) is 4.88. The van der Waals surface area contributed by atoms with E-state index in [-0.39, 0.29) is 11.8 Å². The van der Waals surface area contributed by atoms with E-state index in [4.69, 9.17) is 0 Å². The lowest BCUT2D eigenvalue weighted by atomic mass is 10.0. The topological polar surface area (TPSA) is 49.4 Å². The quantitative estimate of drug-likeness (QED) is 0.817. The fourth-order valence-electron chi connectivity index (χ4n) is 3.07. The first-order chi connectivity index (χ1) is 12.0. The third kappa shape index (κ3) is 3.73. The van der Waals surface area contributed by atoms with E-state index < -0.39 is 5.41 Å². The zero-order valence-electron chi connectivity index (χ0n) is 14.8. The lowest BCUT2D eigenvalue weighted by molar-refractivity contribution is -0.142. The first-order valence-corrected chi connectivity index (χ1v) is 8.76. The molecule has 1 fully saturated rings. The van der Waals surface area contributed by atoms with E-state index in [0.717, 1.165) is 16.8 Å². The van der Waals surface area contributed by atoms with Crippen molar-refractivity contribution >= 4 is 17.5 Å². The molecule has 0 aromatic heterocycles. The summed E-state index contributed by atoms with van der Waals surface area (Å²) in [5.74, 6) is -0.251. The first-order valence-electron chi connectivity index (χ1n) is 8.76. The van der Waals surface area contributed by atoms with Crippen LogP contribution in [0.25, 0.3) is 0 Å². The molecule has 1 aliphatic carbocycles. The lowest BCUT2D eigenvalue weighted by Crippen LogP contribution is -2.42. The van der Waals surface area contributed by atoms with Gasteiger partial charge in [0.25, 0.3) is 0 Å². The summed E-state index contributed by atoms with van der Waals surface area (Å²) < 4.78 is 0. The SMILES string of the molecule is CCN(Cc1ccccc1)C(=O)C1(C(=O)Nc2cccc(C)c2)CC1. The molecule has 0 bridgehead atoms. The van der Waals surface area contributed by atoms with E-state index in [0.29, 0.717) is 25.9 Å². The summed E-state index contributed by atoms with van der Waals surface area (Å²) in [6.45, 7) is 5.06. The second kappa shape index (κ2) is 7.09. The Hall–Kier alpha value is -2.62. The molecule has 1 aliphatic rings. The predicted octanol–water partition coefficient (Wildman–Crippen LogP) is 3.76. The number of anilines is 1. The Bertz CT molecular complexity index is 766. The highest BCUT2D eigenvalue weighted by atomic mass is 16.2. The molecule has 130 valence electrons. The standard InChI is InChI=1S/C21H24N2O2/c1-3-23(15-17-9-5-4-6-10-17)20(25)21(12-13-21)19(24)22-18-11-7-8-16(2)14-18/h4-11,14H,3,12-13,15H2,1-2H3,(H,22,24). The van der Waals surface area contributed by atoms with Crippen LogP contribution in [0.5, 0.6) is 0 Å². The van der Waals surface area contributed by atoms with Gasteiger partial charge in [-0.05, 0) is 49.9 Å². The Morgan fingerprint density at radius 1 is 1.08 bits per heavy atom. The van der Waals surface area contributed by atoms with Crippen LogP contribution in [0.3, 0.4) is 0 Å². The van der Waals surface area contributed by atoms with E-state index in [1.807, 2.05) is 68.4 Å². The van der Waals surface area contributed by atoms with Crippen LogP contribution in [0, 0.1) is 12.3 Å². The van der Waals surface area contributed by atoms with Crippen molar-refractivity contribution in [2.45, 2.75) is 33.2 Å². The van der Waals surface area contributed by atoms with Gasteiger partial charge in [0, 0.05) is 18.8 Å². The van der Waals surface area contributed by atoms with Gasteiger partial charge in [-0.25, -0.2) is 0 Å². The molecule has 0 unspecified atom stereocenters. The maximum Gasteiger partial charge on any atom is 0.240 e. The summed E-state index contributed by atoms with van der Waals surface area (Å²) in [7, 11) is 0. The second-order valence-corrected chi connectivity index (χ2v) is 6.71. The Morgan fingerprint density at radius 2 is 1.80 bits per heavy atom. The molecule has 4 heteroatoms. The van der Waals surface area contributed by atoms with Crippen LogP contribution in [0.4, 0.5) is 5.69 Å². The molecule has 3 rings (SSSR count). The number of amides is 2. The summed E-state index contributed by atoms with van der Waals surface area (Å²) in [6, 6.07) is 17.5. The van der Waals surface area contributed by atoms with E-state index in [9.17, 15) is 9.59 Å². The average molecular weight is 336 g/mol. The van der Waals surface area contributed by atoms with E-state index in [1.54, 1.807) is 4.90 Å². The number of hydrogen-bond donors (Lipinski definition) is 1. The summed E-state index contributed by atoms with van der Waals surface area (Å²) in [5.41, 5.74) is 2.00. The fraction of sp³-hybridized carbons (Fsp3) is 0.333. The number of nitrogens with one attached hydrogen (secondary N) is 1. The van der Waals surface area contributed by atoms with Gasteiger partial charge in [-0.1, -0.05) is 42.5 Å². The maximum absolute atomic E-state index is 13.0. The van der Waals surface area contributed by atoms with Crippen molar-refractivity contribution in [2.24, 2.45) is 5.41 Å². The number of benzene rings is 2. The number of rotatable bonds is 6. The molecule has 0 saturated heterocycles. The zero-order valence-corrected chi connectivity index (χ0v) is 14.8. The van der Waals surface area contributed by atoms with Gasteiger partial charge in [0.05, 0.1) is 0 Å². The summed E-state index contributed by atoms with van der Waals surface area (Å²) >= 11 is 0. The molecule has 0 spiro atoms. The highest BCUT2D eigenvalue weighted by Crippen LogP contribution is 2.48. The Labute approximate surface area is 148 Å². The summed E-state index contributed by atoms with van der Waals surface area (Å²) in [5, 5.41) is 2.92. The highest BCUT2D eigenvalue weighted by molar-refractivity contribution is 6.13. The monoisotopic (exact) mass is 336 g/mol. The van der Waals surface area contributed by atoms with Crippen LogP contribution >= 0.6 is 0 Å². The minimum atomic E-state index is -0.894. The van der Waals surface area contributed by atoms with Crippen LogP contribution in [-0.2, 0) is 16.1 Å². The Morgan fingerprint density at radius 3 is 2.40 bits per heavy atom. The molecule has 1 saturated carbocycles. The van der Waals surface area contributed by atoms with Crippen LogP contribution in [0.15, 0.2) is 54.6 Å². The molecule has 2 amide bonds. The van der Waals surface area contributed by atoms with Gasteiger partial charge in [0.1, 0.15) is 5.41 Å². The third-order valence-electron chi connectivity index (χ3n) is 4.76. The highest BCUT2D eigenvalue weighted by Gasteiger charge is 2.57. The molecule has 1 N–H and O–H groups in total. The molecule has 0 heterocycles. The molecule has 0 radical (unpaired) electrons. The van der Waals surface area contributed by atoms with Gasteiger partial charge in [0.15, 0.2) is 0 Å². The van der Waals surface area contributed by atoms with Crippen LogP contribution < -0.4 is 5.32 Å². The van der Waals surface area contributed by atoms with Crippen molar-refractivity contribution in [3.63, 3.8) is 0 Å². The smallest absolute Gasteiger partial charge is 0.240 e. The average Bonchev–Trinajstić information content (AvgIpc) is 3.42. The van der Waals surface area contributed by atoms with Crippen LogP contribution in [0.2, 0.25) is 0 Å². The minimum Gasteiger partial charge on any atom is -0.338 e. The molecule has 2 aromatic carbocycles. The molecule has 2 aromatic rings. The molecular formula is C21H24N2O2. The summed E-state index contributed by atoms with van der Waals surface area (Å²) in [4.78, 5) is 27.6. The second-order valence-electron chi connectivity index (χ2n) is 6.71. The largest absolute Gasteiger partial charge is 0.338 e. The van der Waals surface area contributed by atoms with E-state index in [1.165, 1.54) is 0 Å². The van der Waals surface area contributed by atoms with Crippen LogP contribution in [0.1, 0.15) is 30.9 Å². The predicted molar refractivity (Wildman–Crippen MR) is 99.0 cm³/mol. The van der Waals surface area contributed by atoms with Gasteiger partial charge in [0.2, 0.25) is 11.8 Å². The van der Waals surface area contributed by atoms with Gasteiger partial charge in [-0.3, -0.25) is 9.59 Å². The zero-order chi connectivity index (χ0) is 17.9. The van der Waals surface area contributed by atoms with Crippen molar-refractivity contribution in [2.75, 3.05) is 11.9 Å². The molecule has 25 heavy (non-hydrogen) atoms. The fourth-order valence-corrected chi connectivity index (χ4v) is 3.07. The van der Waals surface area contributed by atoms with Crippen LogP contribution in [-0.4, -0.2) is 23.3 Å². The lowest BCUT2D eigenvalue weighted by Gasteiger charge is -2.26. The minimum absolute atomic E-state index is 0.0657. The summed E-state index contributed by atoms with van der Waals surface area (Å²) in [6.07, 6.45) is 1.24. The first kappa shape index (κ1) is 17.2. The number of hydrogen-bond acceptors (Lipinski definition) is 2. The van der Waals surface area contributed by atoms with Gasteiger partial charge in [-0.15, -0.1) is 0 Å². The van der Waals surface area contributed by atoms with E-state index in [2.05, 4.69) is 5.32 Å². The van der Waals surface area contributed by atoms with Crippen molar-refractivity contribution in [1.82, 2.24) is 4.90 Å².